The molecule has 3 rings (SSSR count). The molecule has 2 N–H and O–H groups in total. The van der Waals surface area contributed by atoms with Crippen molar-refractivity contribution in [2.24, 2.45) is 0 Å². The zero-order valence-corrected chi connectivity index (χ0v) is 9.63. The molecule has 0 saturated carbocycles. The number of fused-ring (bicyclic) bond motifs is 1. The highest BCUT2D eigenvalue weighted by atomic mass is 32.2. The Morgan fingerprint density at radius 1 is 1.38 bits per heavy atom. The summed E-state index contributed by atoms with van der Waals surface area (Å²) >= 11 is 2.00. The van der Waals surface area contributed by atoms with Crippen LogP contribution in [0.3, 0.4) is 0 Å². The highest BCUT2D eigenvalue weighted by Gasteiger charge is 2.15. The van der Waals surface area contributed by atoms with Crippen LogP contribution >= 0.6 is 11.8 Å². The van der Waals surface area contributed by atoms with Crippen LogP contribution in [0.5, 0.6) is 0 Å². The predicted molar refractivity (Wildman–Crippen MR) is 65.7 cm³/mol. The molecule has 1 atom stereocenters. The Hall–Kier alpha value is -1.30. The van der Waals surface area contributed by atoms with Crippen LogP contribution in [0.15, 0.2) is 12.7 Å². The van der Waals surface area contributed by atoms with E-state index >= 15 is 0 Å². The van der Waals surface area contributed by atoms with E-state index in [1.54, 1.807) is 12.7 Å². The summed E-state index contributed by atoms with van der Waals surface area (Å²) in [6.07, 6.45) is 5.70. The van der Waals surface area contributed by atoms with Crippen molar-refractivity contribution >= 4 is 28.7 Å². The molecular weight excluding hydrogens is 222 g/mol. The van der Waals surface area contributed by atoms with Crippen LogP contribution in [0.4, 0.5) is 5.82 Å². The van der Waals surface area contributed by atoms with Crippen LogP contribution in [0.2, 0.25) is 0 Å². The summed E-state index contributed by atoms with van der Waals surface area (Å²) in [5.74, 6) is 3.30. The fourth-order valence-electron chi connectivity index (χ4n) is 1.92. The Morgan fingerprint density at radius 3 is 3.25 bits per heavy atom. The van der Waals surface area contributed by atoms with Crippen molar-refractivity contribution in [1.82, 2.24) is 19.9 Å². The molecule has 1 aliphatic heterocycles. The number of imidazole rings is 1. The van der Waals surface area contributed by atoms with E-state index in [0.29, 0.717) is 6.04 Å². The Bertz CT molecular complexity index is 477. The fourth-order valence-corrected chi connectivity index (χ4v) is 2.99. The number of hydrogen-bond acceptors (Lipinski definition) is 5. The number of nitrogens with zero attached hydrogens (tertiary/aromatic N) is 3. The Balaban J connectivity index is 1.85. The number of rotatable bonds is 2. The van der Waals surface area contributed by atoms with Gasteiger partial charge >= 0.3 is 0 Å². The number of nitrogens with one attached hydrogen (secondary N) is 2. The molecule has 1 fully saturated rings. The third kappa shape index (κ3) is 1.84. The molecule has 1 unspecified atom stereocenters. The summed E-state index contributed by atoms with van der Waals surface area (Å²) in [5, 5.41) is 3.47. The first kappa shape index (κ1) is 9.89. The molecule has 0 aliphatic carbocycles. The maximum atomic E-state index is 4.27. The molecule has 16 heavy (non-hydrogen) atoms. The minimum absolute atomic E-state index is 0.514. The number of aromatic nitrogens is 4. The van der Waals surface area contributed by atoms with Gasteiger partial charge < -0.3 is 10.3 Å². The molecule has 0 radical (unpaired) electrons. The van der Waals surface area contributed by atoms with Gasteiger partial charge in [-0.15, -0.1) is 0 Å². The second-order valence-electron chi connectivity index (χ2n) is 3.88. The highest BCUT2D eigenvalue weighted by Crippen LogP contribution is 2.22. The van der Waals surface area contributed by atoms with Gasteiger partial charge in [0.1, 0.15) is 11.8 Å². The fraction of sp³-hybridized carbons (Fsp3) is 0.500. The van der Waals surface area contributed by atoms with Crippen molar-refractivity contribution in [3.05, 3.63) is 12.7 Å². The summed E-state index contributed by atoms with van der Waals surface area (Å²) in [7, 11) is 0. The van der Waals surface area contributed by atoms with Crippen LogP contribution in [0.25, 0.3) is 11.2 Å². The van der Waals surface area contributed by atoms with Gasteiger partial charge in [-0.1, -0.05) is 0 Å². The van der Waals surface area contributed by atoms with E-state index < -0.39 is 0 Å². The monoisotopic (exact) mass is 235 g/mol. The van der Waals surface area contributed by atoms with Crippen molar-refractivity contribution in [2.75, 3.05) is 16.8 Å². The normalized spacial score (nSPS) is 21.1. The van der Waals surface area contributed by atoms with E-state index in [4.69, 9.17) is 0 Å². The van der Waals surface area contributed by atoms with Gasteiger partial charge in [-0.2, -0.15) is 11.8 Å². The van der Waals surface area contributed by atoms with Gasteiger partial charge in [0.15, 0.2) is 11.5 Å². The minimum Gasteiger partial charge on any atom is -0.365 e. The molecule has 1 aliphatic rings. The van der Waals surface area contributed by atoms with Crippen LogP contribution < -0.4 is 5.32 Å². The Kier molecular flexibility index (Phi) is 2.65. The zero-order chi connectivity index (χ0) is 10.8. The Morgan fingerprint density at radius 2 is 2.38 bits per heavy atom. The lowest BCUT2D eigenvalue weighted by Gasteiger charge is -2.22. The molecule has 0 bridgehead atoms. The average Bonchev–Trinajstić information content (AvgIpc) is 2.80. The van der Waals surface area contributed by atoms with Gasteiger partial charge in [-0.3, -0.25) is 0 Å². The molecule has 2 aromatic rings. The first-order valence-corrected chi connectivity index (χ1v) is 6.57. The van der Waals surface area contributed by atoms with E-state index in [1.807, 2.05) is 11.8 Å². The molecule has 5 nitrogen and oxygen atoms in total. The van der Waals surface area contributed by atoms with E-state index in [0.717, 1.165) is 22.7 Å². The Labute approximate surface area is 97.5 Å². The van der Waals surface area contributed by atoms with Crippen molar-refractivity contribution in [2.45, 2.75) is 18.9 Å². The molecular formula is C10H13N5S. The summed E-state index contributed by atoms with van der Waals surface area (Å²) in [6.45, 7) is 0. The van der Waals surface area contributed by atoms with Gasteiger partial charge in [0.05, 0.1) is 6.33 Å². The van der Waals surface area contributed by atoms with Crippen molar-refractivity contribution in [1.29, 1.82) is 0 Å². The molecule has 0 spiro atoms. The smallest absolute Gasteiger partial charge is 0.182 e. The first-order chi connectivity index (χ1) is 7.93. The summed E-state index contributed by atoms with van der Waals surface area (Å²) in [4.78, 5) is 15.6. The lowest BCUT2D eigenvalue weighted by molar-refractivity contribution is 0.683. The SMILES string of the molecule is c1nc(NC2CCCSC2)c2[nH]cnc2n1. The average molecular weight is 235 g/mol. The molecule has 2 aromatic heterocycles. The molecule has 6 heteroatoms. The second kappa shape index (κ2) is 4.29. The van der Waals surface area contributed by atoms with Crippen LogP contribution in [0, 0.1) is 0 Å². The molecule has 0 aromatic carbocycles. The molecule has 84 valence electrons. The number of aromatic amines is 1. The lowest BCUT2D eigenvalue weighted by Crippen LogP contribution is -2.26. The predicted octanol–water partition coefficient (Wildman–Crippen LogP) is 1.66. The van der Waals surface area contributed by atoms with Crippen LogP contribution in [-0.4, -0.2) is 37.5 Å². The van der Waals surface area contributed by atoms with E-state index in [2.05, 4.69) is 25.3 Å². The summed E-state index contributed by atoms with van der Waals surface area (Å²) in [5.41, 5.74) is 1.62. The molecule has 0 amide bonds. The van der Waals surface area contributed by atoms with Crippen LogP contribution in [0.1, 0.15) is 12.8 Å². The number of hydrogen-bond donors (Lipinski definition) is 2. The van der Waals surface area contributed by atoms with Crippen LogP contribution in [-0.2, 0) is 0 Å². The maximum absolute atomic E-state index is 4.27. The third-order valence-corrected chi connectivity index (χ3v) is 3.94. The van der Waals surface area contributed by atoms with Gasteiger partial charge in [0, 0.05) is 11.8 Å². The van der Waals surface area contributed by atoms with Gasteiger partial charge in [-0.05, 0) is 18.6 Å². The quantitative estimate of drug-likeness (QED) is 0.828. The maximum Gasteiger partial charge on any atom is 0.182 e. The number of anilines is 1. The van der Waals surface area contributed by atoms with E-state index in [-0.39, 0.29) is 0 Å². The lowest BCUT2D eigenvalue weighted by atomic mass is 10.2. The highest BCUT2D eigenvalue weighted by molar-refractivity contribution is 7.99. The van der Waals surface area contributed by atoms with Gasteiger partial charge in [-0.25, -0.2) is 15.0 Å². The van der Waals surface area contributed by atoms with Crippen molar-refractivity contribution < 1.29 is 0 Å². The first-order valence-electron chi connectivity index (χ1n) is 5.42. The van der Waals surface area contributed by atoms with E-state index in [1.165, 1.54) is 18.6 Å². The summed E-state index contributed by atoms with van der Waals surface area (Å²) < 4.78 is 0. The second-order valence-corrected chi connectivity index (χ2v) is 5.03. The zero-order valence-electron chi connectivity index (χ0n) is 8.81. The molecule has 3 heterocycles. The molecule has 1 saturated heterocycles. The number of thioether (sulfide) groups is 1. The van der Waals surface area contributed by atoms with Gasteiger partial charge in [0.2, 0.25) is 0 Å². The van der Waals surface area contributed by atoms with Crippen molar-refractivity contribution in [3.8, 4) is 0 Å². The third-order valence-electron chi connectivity index (χ3n) is 2.72. The standard InChI is InChI=1S/C10H13N5S/c1-2-7(4-16-3-1)15-10-8-9(12-5-11-8)13-6-14-10/h5-7H,1-4H2,(H2,11,12,13,14,15). The van der Waals surface area contributed by atoms with Crippen molar-refractivity contribution in [3.63, 3.8) is 0 Å². The van der Waals surface area contributed by atoms with E-state index in [9.17, 15) is 0 Å². The van der Waals surface area contributed by atoms with Gasteiger partial charge in [0.25, 0.3) is 0 Å². The number of H-pyrrole nitrogens is 1. The minimum atomic E-state index is 0.514. The topological polar surface area (TPSA) is 66.5 Å². The summed E-state index contributed by atoms with van der Waals surface area (Å²) in [6, 6.07) is 0.514. The largest absolute Gasteiger partial charge is 0.365 e.